The van der Waals surface area contributed by atoms with E-state index in [2.05, 4.69) is 23.8 Å². The Balaban J connectivity index is 2.37. The Bertz CT molecular complexity index is 263. The van der Waals surface area contributed by atoms with Gasteiger partial charge in [-0.05, 0) is 17.7 Å². The molecule has 0 bridgehead atoms. The highest BCUT2D eigenvalue weighted by Gasteiger charge is 1.98. The van der Waals surface area contributed by atoms with Gasteiger partial charge in [-0.2, -0.15) is 11.8 Å². The van der Waals surface area contributed by atoms with Crippen LogP contribution in [0.1, 0.15) is 19.7 Å². The number of nitrogens with two attached hydrogens (primary N) is 1. The molecule has 1 aromatic heterocycles. The largest absolute Gasteiger partial charge is 0.384 e. The molecule has 0 saturated heterocycles. The Morgan fingerprint density at radius 2 is 2.31 bits per heavy atom. The molecule has 0 aromatic carbocycles. The maximum Gasteiger partial charge on any atom is 0.140 e. The van der Waals surface area contributed by atoms with E-state index in [-0.39, 0.29) is 0 Å². The Hall–Kier alpha value is -0.770. The number of rotatable bonds is 4. The van der Waals surface area contributed by atoms with Gasteiger partial charge in [-0.1, -0.05) is 13.8 Å². The minimum Gasteiger partial charge on any atom is -0.384 e. The minimum atomic E-state index is 0.551. The number of hydrogen-bond donors (Lipinski definition) is 1. The standard InChI is InChI=1S/C9H15N3S/c1-7(2)5-13-6-9-11-4-3-8(10)12-9/h3-4,7H,5-6H2,1-2H3,(H2,10,11,12). The van der Waals surface area contributed by atoms with E-state index in [4.69, 9.17) is 5.73 Å². The van der Waals surface area contributed by atoms with E-state index in [0.29, 0.717) is 11.7 Å². The number of nitrogens with zero attached hydrogens (tertiary/aromatic N) is 2. The number of aromatic nitrogens is 2. The topological polar surface area (TPSA) is 51.8 Å². The van der Waals surface area contributed by atoms with Crippen LogP contribution in [-0.4, -0.2) is 15.7 Å². The van der Waals surface area contributed by atoms with Crippen LogP contribution in [0.5, 0.6) is 0 Å². The van der Waals surface area contributed by atoms with Gasteiger partial charge in [0.25, 0.3) is 0 Å². The van der Waals surface area contributed by atoms with Crippen molar-refractivity contribution in [2.24, 2.45) is 5.92 Å². The molecule has 0 aliphatic rings. The molecule has 0 unspecified atom stereocenters. The summed E-state index contributed by atoms with van der Waals surface area (Å²) in [5.74, 6) is 4.08. The van der Waals surface area contributed by atoms with E-state index in [1.807, 2.05) is 11.8 Å². The molecule has 0 radical (unpaired) electrons. The summed E-state index contributed by atoms with van der Waals surface area (Å²) in [7, 11) is 0. The zero-order valence-electron chi connectivity index (χ0n) is 8.03. The third-order valence-corrected chi connectivity index (χ3v) is 2.77. The van der Waals surface area contributed by atoms with Crippen molar-refractivity contribution in [3.8, 4) is 0 Å². The average molecular weight is 197 g/mol. The fraction of sp³-hybridized carbons (Fsp3) is 0.556. The van der Waals surface area contributed by atoms with Crippen LogP contribution in [0, 0.1) is 5.92 Å². The van der Waals surface area contributed by atoms with Gasteiger partial charge in [0.15, 0.2) is 0 Å². The Labute approximate surface area is 83.2 Å². The predicted octanol–water partition coefficient (Wildman–Crippen LogP) is 1.95. The molecular weight excluding hydrogens is 182 g/mol. The summed E-state index contributed by atoms with van der Waals surface area (Å²) in [6.07, 6.45) is 1.70. The first-order valence-electron chi connectivity index (χ1n) is 4.33. The van der Waals surface area contributed by atoms with Crippen LogP contribution in [0.2, 0.25) is 0 Å². The second-order valence-corrected chi connectivity index (χ2v) is 4.34. The van der Waals surface area contributed by atoms with Crippen molar-refractivity contribution in [3.05, 3.63) is 18.1 Å². The van der Waals surface area contributed by atoms with Crippen LogP contribution in [0.15, 0.2) is 12.3 Å². The van der Waals surface area contributed by atoms with Gasteiger partial charge >= 0.3 is 0 Å². The summed E-state index contributed by atoms with van der Waals surface area (Å²) in [4.78, 5) is 8.24. The second-order valence-electron chi connectivity index (χ2n) is 3.31. The van der Waals surface area contributed by atoms with Gasteiger partial charge in [-0.3, -0.25) is 0 Å². The first-order valence-corrected chi connectivity index (χ1v) is 5.49. The molecule has 1 rings (SSSR count). The van der Waals surface area contributed by atoms with Crippen molar-refractivity contribution < 1.29 is 0 Å². The Morgan fingerprint density at radius 3 is 2.92 bits per heavy atom. The summed E-state index contributed by atoms with van der Waals surface area (Å²) >= 11 is 1.84. The molecule has 3 nitrogen and oxygen atoms in total. The molecule has 0 fully saturated rings. The first kappa shape index (κ1) is 10.3. The van der Waals surface area contributed by atoms with Crippen molar-refractivity contribution in [1.29, 1.82) is 0 Å². The van der Waals surface area contributed by atoms with Gasteiger partial charge in [0, 0.05) is 6.20 Å². The lowest BCUT2D eigenvalue weighted by molar-refractivity contribution is 0.750. The molecule has 72 valence electrons. The van der Waals surface area contributed by atoms with Crippen LogP contribution in [0.3, 0.4) is 0 Å². The summed E-state index contributed by atoms with van der Waals surface area (Å²) in [6.45, 7) is 4.40. The van der Waals surface area contributed by atoms with Crippen molar-refractivity contribution >= 4 is 17.6 Å². The lowest BCUT2D eigenvalue weighted by Gasteiger charge is -2.03. The van der Waals surface area contributed by atoms with Crippen molar-refractivity contribution in [1.82, 2.24) is 9.97 Å². The third kappa shape index (κ3) is 4.12. The van der Waals surface area contributed by atoms with Gasteiger partial charge < -0.3 is 5.73 Å². The summed E-state index contributed by atoms with van der Waals surface area (Å²) in [5.41, 5.74) is 5.53. The normalized spacial score (nSPS) is 10.7. The van der Waals surface area contributed by atoms with Crippen molar-refractivity contribution in [2.45, 2.75) is 19.6 Å². The molecule has 1 heterocycles. The molecule has 0 saturated carbocycles. The third-order valence-electron chi connectivity index (χ3n) is 1.41. The van der Waals surface area contributed by atoms with Crippen LogP contribution in [0.4, 0.5) is 5.82 Å². The summed E-state index contributed by atoms with van der Waals surface area (Å²) in [5, 5.41) is 0. The number of hydrogen-bond acceptors (Lipinski definition) is 4. The van der Waals surface area contributed by atoms with Gasteiger partial charge in [0.05, 0.1) is 5.75 Å². The predicted molar refractivity (Wildman–Crippen MR) is 57.4 cm³/mol. The molecule has 0 atom stereocenters. The average Bonchev–Trinajstić information content (AvgIpc) is 2.03. The van der Waals surface area contributed by atoms with Crippen LogP contribution < -0.4 is 5.73 Å². The quantitative estimate of drug-likeness (QED) is 0.801. The van der Waals surface area contributed by atoms with E-state index >= 15 is 0 Å². The second kappa shape index (κ2) is 5.07. The minimum absolute atomic E-state index is 0.551. The number of nitrogen functional groups attached to an aromatic ring is 1. The fourth-order valence-corrected chi connectivity index (χ4v) is 1.78. The lowest BCUT2D eigenvalue weighted by Crippen LogP contribution is -1.98. The molecule has 0 spiro atoms. The van der Waals surface area contributed by atoms with Crippen LogP contribution in [-0.2, 0) is 5.75 Å². The fourth-order valence-electron chi connectivity index (χ4n) is 0.870. The van der Waals surface area contributed by atoms with Crippen molar-refractivity contribution in [3.63, 3.8) is 0 Å². The first-order chi connectivity index (χ1) is 6.18. The summed E-state index contributed by atoms with van der Waals surface area (Å²) in [6, 6.07) is 1.70. The van der Waals surface area contributed by atoms with Crippen molar-refractivity contribution in [2.75, 3.05) is 11.5 Å². The zero-order chi connectivity index (χ0) is 9.68. The summed E-state index contributed by atoms with van der Waals surface area (Å²) < 4.78 is 0. The SMILES string of the molecule is CC(C)CSCc1nccc(N)n1. The van der Waals surface area contributed by atoms with E-state index in [9.17, 15) is 0 Å². The molecule has 13 heavy (non-hydrogen) atoms. The van der Waals surface area contributed by atoms with E-state index in [0.717, 1.165) is 17.3 Å². The monoisotopic (exact) mass is 197 g/mol. The molecule has 2 N–H and O–H groups in total. The highest BCUT2D eigenvalue weighted by Crippen LogP contribution is 2.12. The zero-order valence-corrected chi connectivity index (χ0v) is 8.84. The molecule has 0 aliphatic heterocycles. The maximum absolute atomic E-state index is 5.53. The lowest BCUT2D eigenvalue weighted by atomic mass is 10.3. The van der Waals surface area contributed by atoms with Crippen LogP contribution >= 0.6 is 11.8 Å². The van der Waals surface area contributed by atoms with Gasteiger partial charge in [-0.25, -0.2) is 9.97 Å². The molecule has 1 aromatic rings. The number of thioether (sulfide) groups is 1. The molecule has 0 amide bonds. The molecular formula is C9H15N3S. The number of anilines is 1. The van der Waals surface area contributed by atoms with E-state index < -0.39 is 0 Å². The smallest absolute Gasteiger partial charge is 0.140 e. The van der Waals surface area contributed by atoms with Gasteiger partial charge in [0.1, 0.15) is 11.6 Å². The maximum atomic E-state index is 5.53. The molecule has 4 heteroatoms. The highest BCUT2D eigenvalue weighted by atomic mass is 32.2. The highest BCUT2D eigenvalue weighted by molar-refractivity contribution is 7.98. The van der Waals surface area contributed by atoms with Crippen LogP contribution in [0.25, 0.3) is 0 Å². The van der Waals surface area contributed by atoms with E-state index in [1.54, 1.807) is 12.3 Å². The Kier molecular flexibility index (Phi) is 4.02. The van der Waals surface area contributed by atoms with Gasteiger partial charge in [0.2, 0.25) is 0 Å². The Morgan fingerprint density at radius 1 is 1.54 bits per heavy atom. The van der Waals surface area contributed by atoms with E-state index in [1.165, 1.54) is 0 Å². The molecule has 0 aliphatic carbocycles. The van der Waals surface area contributed by atoms with Gasteiger partial charge in [-0.15, -0.1) is 0 Å².